The second-order valence-electron chi connectivity index (χ2n) is 6.54. The Morgan fingerprint density at radius 3 is 2.30 bits per heavy atom. The van der Waals surface area contributed by atoms with Gasteiger partial charge in [0.1, 0.15) is 11.5 Å². The molecule has 0 saturated heterocycles. The van der Waals surface area contributed by atoms with E-state index in [-0.39, 0.29) is 17.3 Å². The number of rotatable bonds is 8. The summed E-state index contributed by atoms with van der Waals surface area (Å²) in [6.45, 7) is 1.84. The van der Waals surface area contributed by atoms with Crippen LogP contribution >= 0.6 is 0 Å². The van der Waals surface area contributed by atoms with Gasteiger partial charge in [-0.05, 0) is 35.7 Å². The molecule has 1 amide bonds. The summed E-state index contributed by atoms with van der Waals surface area (Å²) in [5.74, 6) is 0.420. The van der Waals surface area contributed by atoms with E-state index in [2.05, 4.69) is 5.32 Å². The van der Waals surface area contributed by atoms with Gasteiger partial charge in [0.2, 0.25) is 0 Å². The van der Waals surface area contributed by atoms with Crippen LogP contribution in [0.15, 0.2) is 72.8 Å². The fourth-order valence-electron chi connectivity index (χ4n) is 2.95. The number of ether oxygens (including phenoxy) is 2. The summed E-state index contributed by atoms with van der Waals surface area (Å²) in [5, 5.41) is 13.6. The number of nitro benzene ring substituents is 1. The van der Waals surface area contributed by atoms with Gasteiger partial charge in [0.15, 0.2) is 6.10 Å². The molecule has 3 rings (SSSR count). The van der Waals surface area contributed by atoms with Crippen LogP contribution in [0, 0.1) is 10.1 Å². The van der Waals surface area contributed by atoms with Crippen LogP contribution < -0.4 is 14.8 Å². The maximum atomic E-state index is 12.7. The summed E-state index contributed by atoms with van der Waals surface area (Å²) in [4.78, 5) is 23.1. The summed E-state index contributed by atoms with van der Waals surface area (Å²) in [5.41, 5.74) is 2.37. The second kappa shape index (κ2) is 9.56. The van der Waals surface area contributed by atoms with Gasteiger partial charge in [-0.15, -0.1) is 0 Å². The molecule has 154 valence electrons. The highest BCUT2D eigenvalue weighted by Gasteiger charge is 2.21. The molecule has 0 aliphatic carbocycles. The van der Waals surface area contributed by atoms with Crippen molar-refractivity contribution in [2.75, 3.05) is 12.4 Å². The maximum absolute atomic E-state index is 12.7. The number of amides is 1. The Bertz CT molecular complexity index is 1020. The molecule has 30 heavy (non-hydrogen) atoms. The minimum atomic E-state index is -0.729. The fraction of sp³-hybridized carbons (Fsp3) is 0.174. The van der Waals surface area contributed by atoms with Gasteiger partial charge in [-0.1, -0.05) is 49.4 Å². The largest absolute Gasteiger partial charge is 0.494 e. The average molecular weight is 406 g/mol. The minimum absolute atomic E-state index is 0.119. The van der Waals surface area contributed by atoms with Crippen molar-refractivity contribution < 1.29 is 19.2 Å². The lowest BCUT2D eigenvalue weighted by Crippen LogP contribution is -2.32. The summed E-state index contributed by atoms with van der Waals surface area (Å²) in [6.07, 6.45) is -0.283. The standard InChI is InChI=1S/C23H22N2O5/c1-3-21(23(26)24-20-14-11-18(25(27)28)15-22(20)29-2)30-19-12-9-17(10-13-19)16-7-5-4-6-8-16/h4-15,21H,3H2,1-2H3,(H,24,26). The first-order valence-corrected chi connectivity index (χ1v) is 9.47. The van der Waals surface area contributed by atoms with Gasteiger partial charge in [-0.3, -0.25) is 14.9 Å². The van der Waals surface area contributed by atoms with Crippen LogP contribution in [0.4, 0.5) is 11.4 Å². The Balaban J connectivity index is 1.70. The van der Waals surface area contributed by atoms with Gasteiger partial charge in [-0.2, -0.15) is 0 Å². The first-order valence-electron chi connectivity index (χ1n) is 9.47. The smallest absolute Gasteiger partial charge is 0.273 e. The number of carbonyl (C=O) groups is 1. The van der Waals surface area contributed by atoms with Crippen LogP contribution in [0.1, 0.15) is 13.3 Å². The molecule has 7 nitrogen and oxygen atoms in total. The predicted molar refractivity (Wildman–Crippen MR) is 115 cm³/mol. The van der Waals surface area contributed by atoms with Crippen LogP contribution in [0.2, 0.25) is 0 Å². The van der Waals surface area contributed by atoms with E-state index in [1.807, 2.05) is 61.5 Å². The van der Waals surface area contributed by atoms with E-state index in [1.54, 1.807) is 0 Å². The number of carbonyl (C=O) groups excluding carboxylic acids is 1. The third kappa shape index (κ3) is 4.94. The number of methoxy groups -OCH3 is 1. The van der Waals surface area contributed by atoms with Crippen molar-refractivity contribution in [3.05, 3.63) is 82.9 Å². The van der Waals surface area contributed by atoms with Gasteiger partial charge in [0.05, 0.1) is 23.8 Å². The Hall–Kier alpha value is -3.87. The first-order chi connectivity index (χ1) is 14.5. The molecule has 1 N–H and O–H groups in total. The predicted octanol–water partition coefficient (Wildman–Crippen LogP) is 5.07. The molecule has 0 aliphatic heterocycles. The van der Waals surface area contributed by atoms with Crippen molar-refractivity contribution in [2.24, 2.45) is 0 Å². The Morgan fingerprint density at radius 1 is 1.03 bits per heavy atom. The highest BCUT2D eigenvalue weighted by molar-refractivity contribution is 5.95. The second-order valence-corrected chi connectivity index (χ2v) is 6.54. The Kier molecular flexibility index (Phi) is 6.64. The normalized spacial score (nSPS) is 11.4. The van der Waals surface area contributed by atoms with E-state index in [4.69, 9.17) is 9.47 Å². The summed E-state index contributed by atoms with van der Waals surface area (Å²) < 4.78 is 11.0. The molecule has 0 fully saturated rings. The minimum Gasteiger partial charge on any atom is -0.494 e. The lowest BCUT2D eigenvalue weighted by Gasteiger charge is -2.18. The van der Waals surface area contributed by atoms with Crippen LogP contribution in [0.25, 0.3) is 11.1 Å². The van der Waals surface area contributed by atoms with Gasteiger partial charge in [0, 0.05) is 6.07 Å². The zero-order valence-corrected chi connectivity index (χ0v) is 16.7. The number of hydrogen-bond donors (Lipinski definition) is 1. The zero-order valence-electron chi connectivity index (χ0n) is 16.7. The van der Waals surface area contributed by atoms with Crippen molar-refractivity contribution in [2.45, 2.75) is 19.4 Å². The highest BCUT2D eigenvalue weighted by atomic mass is 16.6. The van der Waals surface area contributed by atoms with E-state index in [1.165, 1.54) is 25.3 Å². The van der Waals surface area contributed by atoms with Crippen molar-refractivity contribution in [1.29, 1.82) is 0 Å². The summed E-state index contributed by atoms with van der Waals surface area (Å²) >= 11 is 0. The number of anilines is 1. The van der Waals surface area contributed by atoms with Crippen LogP contribution in [0.5, 0.6) is 11.5 Å². The van der Waals surface area contributed by atoms with Crippen LogP contribution in [-0.4, -0.2) is 24.0 Å². The van der Waals surface area contributed by atoms with Crippen LogP contribution in [0.3, 0.4) is 0 Å². The summed E-state index contributed by atoms with van der Waals surface area (Å²) in [6, 6.07) is 21.5. The quantitative estimate of drug-likeness (QED) is 0.417. The number of nitrogens with one attached hydrogen (secondary N) is 1. The lowest BCUT2D eigenvalue weighted by atomic mass is 10.1. The van der Waals surface area contributed by atoms with Crippen LogP contribution in [-0.2, 0) is 4.79 Å². The monoisotopic (exact) mass is 406 g/mol. The molecular weight excluding hydrogens is 384 g/mol. The van der Waals surface area contributed by atoms with Gasteiger partial charge >= 0.3 is 0 Å². The number of nitrogens with zero attached hydrogens (tertiary/aromatic N) is 1. The van der Waals surface area contributed by atoms with Crippen molar-refractivity contribution in [3.8, 4) is 22.6 Å². The highest BCUT2D eigenvalue weighted by Crippen LogP contribution is 2.29. The average Bonchev–Trinajstić information content (AvgIpc) is 2.78. The molecule has 0 spiro atoms. The van der Waals surface area contributed by atoms with Crippen molar-refractivity contribution >= 4 is 17.3 Å². The topological polar surface area (TPSA) is 90.7 Å². The van der Waals surface area contributed by atoms with Crippen molar-refractivity contribution in [3.63, 3.8) is 0 Å². The maximum Gasteiger partial charge on any atom is 0.273 e. The molecule has 1 atom stereocenters. The number of nitro groups is 1. The van der Waals surface area contributed by atoms with E-state index in [9.17, 15) is 14.9 Å². The van der Waals surface area contributed by atoms with E-state index in [0.29, 0.717) is 17.9 Å². The number of non-ortho nitro benzene ring substituents is 1. The first kappa shape index (κ1) is 20.9. The van der Waals surface area contributed by atoms with E-state index >= 15 is 0 Å². The fourth-order valence-corrected chi connectivity index (χ4v) is 2.95. The third-order valence-electron chi connectivity index (χ3n) is 4.56. The summed E-state index contributed by atoms with van der Waals surface area (Å²) in [7, 11) is 1.39. The Labute approximate surface area is 174 Å². The lowest BCUT2D eigenvalue weighted by molar-refractivity contribution is -0.384. The molecule has 1 unspecified atom stereocenters. The molecule has 3 aromatic carbocycles. The van der Waals surface area contributed by atoms with Gasteiger partial charge in [-0.25, -0.2) is 0 Å². The third-order valence-corrected chi connectivity index (χ3v) is 4.56. The Morgan fingerprint density at radius 2 is 1.70 bits per heavy atom. The van der Waals surface area contributed by atoms with Gasteiger partial charge in [0.25, 0.3) is 11.6 Å². The SMILES string of the molecule is CCC(Oc1ccc(-c2ccccc2)cc1)C(=O)Nc1ccc([N+](=O)[O-])cc1OC. The molecule has 3 aromatic rings. The number of hydrogen-bond acceptors (Lipinski definition) is 5. The molecule has 0 bridgehead atoms. The van der Waals surface area contributed by atoms with E-state index in [0.717, 1.165) is 11.1 Å². The van der Waals surface area contributed by atoms with Crippen molar-refractivity contribution in [1.82, 2.24) is 0 Å². The molecule has 0 radical (unpaired) electrons. The zero-order chi connectivity index (χ0) is 21.5. The molecule has 7 heteroatoms. The number of benzene rings is 3. The van der Waals surface area contributed by atoms with E-state index < -0.39 is 11.0 Å². The molecule has 0 saturated carbocycles. The molecular formula is C23H22N2O5. The molecule has 0 heterocycles. The molecule has 0 aromatic heterocycles. The van der Waals surface area contributed by atoms with Gasteiger partial charge < -0.3 is 14.8 Å². The molecule has 0 aliphatic rings.